The molecule has 0 fully saturated rings. The van der Waals surface area contributed by atoms with E-state index in [0.717, 1.165) is 4.57 Å². The van der Waals surface area contributed by atoms with Gasteiger partial charge in [-0.05, 0) is 36.6 Å². The van der Waals surface area contributed by atoms with Gasteiger partial charge in [0.2, 0.25) is 11.7 Å². The maximum Gasteiger partial charge on any atom is 0.329 e. The highest BCUT2D eigenvalue weighted by Gasteiger charge is 2.25. The van der Waals surface area contributed by atoms with E-state index in [1.54, 1.807) is 32.9 Å². The summed E-state index contributed by atoms with van der Waals surface area (Å²) in [6, 6.07) is 6.49. The van der Waals surface area contributed by atoms with Crippen LogP contribution in [-0.2, 0) is 11.3 Å². The summed E-state index contributed by atoms with van der Waals surface area (Å²) in [5.41, 5.74) is 4.58. The monoisotopic (exact) mass is 354 g/mol. The Morgan fingerprint density at radius 3 is 2.46 bits per heavy atom. The summed E-state index contributed by atoms with van der Waals surface area (Å²) in [5, 5.41) is 9.11. The van der Waals surface area contributed by atoms with Gasteiger partial charge in [0, 0.05) is 11.1 Å². The zero-order valence-electron chi connectivity index (χ0n) is 14.6. The van der Waals surface area contributed by atoms with Gasteiger partial charge in [0.05, 0.1) is 11.6 Å². The fourth-order valence-corrected chi connectivity index (χ4v) is 2.79. The van der Waals surface area contributed by atoms with E-state index in [0.29, 0.717) is 5.56 Å². The highest BCUT2D eigenvalue weighted by molar-refractivity contribution is 6.09. The van der Waals surface area contributed by atoms with Crippen LogP contribution in [0.25, 0.3) is 0 Å². The molecule has 1 aromatic carbocycles. The Labute approximate surface area is 148 Å². The van der Waals surface area contributed by atoms with Gasteiger partial charge in [-0.3, -0.25) is 23.9 Å². The van der Waals surface area contributed by atoms with Gasteiger partial charge < -0.3 is 5.73 Å². The molecule has 1 aromatic heterocycles. The van der Waals surface area contributed by atoms with Crippen molar-refractivity contribution in [3.05, 3.63) is 67.0 Å². The van der Waals surface area contributed by atoms with Crippen molar-refractivity contribution in [2.75, 3.05) is 0 Å². The number of nitrogens with two attached hydrogens (primary N) is 1. The number of aromatic amines is 1. The molecule has 8 heteroatoms. The highest BCUT2D eigenvalue weighted by atomic mass is 16.2. The number of H-pyrrole nitrogens is 1. The Hall–Kier alpha value is -3.47. The number of benzene rings is 1. The molecule has 0 saturated heterocycles. The highest BCUT2D eigenvalue weighted by Crippen LogP contribution is 2.19. The molecular weight excluding hydrogens is 336 g/mol. The van der Waals surface area contributed by atoms with E-state index < -0.39 is 35.4 Å². The number of nitrogens with zero attached hydrogens (tertiary/aromatic N) is 2. The molecule has 0 radical (unpaired) electrons. The quantitative estimate of drug-likeness (QED) is 0.755. The number of nitrogens with one attached hydrogen (secondary N) is 1. The Kier molecular flexibility index (Phi) is 5.22. The van der Waals surface area contributed by atoms with E-state index in [1.807, 2.05) is 6.07 Å². The van der Waals surface area contributed by atoms with Crippen LogP contribution in [-0.4, -0.2) is 21.2 Å². The molecule has 1 amide bonds. The summed E-state index contributed by atoms with van der Waals surface area (Å²) in [6.45, 7) is 4.55. The van der Waals surface area contributed by atoms with Crippen LogP contribution in [0.15, 0.2) is 27.8 Å². The predicted octanol–water partition coefficient (Wildman–Crippen LogP) is 0.556. The van der Waals surface area contributed by atoms with Crippen molar-refractivity contribution in [3.8, 4) is 6.07 Å². The number of ketones is 1. The zero-order valence-corrected chi connectivity index (χ0v) is 14.6. The second kappa shape index (κ2) is 7.19. The number of primary amides is 1. The van der Waals surface area contributed by atoms with Crippen LogP contribution >= 0.6 is 0 Å². The number of carbonyl (C=O) groups excluding carboxylic acids is 2. The molecule has 0 unspecified atom stereocenters. The number of carbonyl (C=O) groups is 2. The number of amides is 1. The van der Waals surface area contributed by atoms with Gasteiger partial charge in [-0.15, -0.1) is 0 Å². The van der Waals surface area contributed by atoms with Gasteiger partial charge in [-0.25, -0.2) is 4.79 Å². The Morgan fingerprint density at radius 2 is 1.92 bits per heavy atom. The summed E-state index contributed by atoms with van der Waals surface area (Å²) in [7, 11) is 0. The van der Waals surface area contributed by atoms with Gasteiger partial charge in [0.25, 0.3) is 5.56 Å². The summed E-state index contributed by atoms with van der Waals surface area (Å²) in [4.78, 5) is 51.1. The van der Waals surface area contributed by atoms with E-state index in [2.05, 4.69) is 4.98 Å². The summed E-state index contributed by atoms with van der Waals surface area (Å²) in [5.74, 6) is -1.85. The van der Waals surface area contributed by atoms with Crippen molar-refractivity contribution in [2.24, 2.45) is 5.73 Å². The molecule has 0 atom stereocenters. The lowest BCUT2D eigenvalue weighted by atomic mass is 9.95. The molecule has 2 aromatic rings. The molecule has 8 nitrogen and oxygen atoms in total. The first-order valence-corrected chi connectivity index (χ1v) is 7.87. The average Bonchev–Trinajstić information content (AvgIpc) is 2.54. The Bertz CT molecular complexity index is 1050. The number of nitriles is 1. The molecule has 0 aliphatic rings. The molecule has 26 heavy (non-hydrogen) atoms. The minimum atomic E-state index is -0.894. The first-order valence-electron chi connectivity index (χ1n) is 7.87. The molecule has 0 spiro atoms. The molecule has 0 bridgehead atoms. The molecule has 134 valence electrons. The van der Waals surface area contributed by atoms with Crippen LogP contribution in [0.5, 0.6) is 0 Å². The van der Waals surface area contributed by atoms with Crippen molar-refractivity contribution in [1.29, 1.82) is 5.26 Å². The molecule has 3 N–H and O–H groups in total. The minimum Gasteiger partial charge on any atom is -0.368 e. The minimum absolute atomic E-state index is 0.0795. The predicted molar refractivity (Wildman–Crippen MR) is 93.9 cm³/mol. The smallest absolute Gasteiger partial charge is 0.329 e. The number of rotatable bonds is 5. The van der Waals surface area contributed by atoms with Crippen LogP contribution in [0.4, 0.5) is 0 Å². The third-order valence-electron chi connectivity index (χ3n) is 3.81. The van der Waals surface area contributed by atoms with Crippen molar-refractivity contribution in [3.63, 3.8) is 0 Å². The van der Waals surface area contributed by atoms with E-state index in [-0.39, 0.29) is 22.4 Å². The van der Waals surface area contributed by atoms with E-state index in [1.165, 1.54) is 6.07 Å². The average molecular weight is 354 g/mol. The van der Waals surface area contributed by atoms with Crippen molar-refractivity contribution in [1.82, 2.24) is 9.55 Å². The van der Waals surface area contributed by atoms with E-state index in [4.69, 9.17) is 11.0 Å². The Morgan fingerprint density at radius 1 is 1.27 bits per heavy atom. The number of aryl methyl sites for hydroxylation is 1. The molecule has 0 aliphatic heterocycles. The van der Waals surface area contributed by atoms with E-state index >= 15 is 0 Å². The summed E-state index contributed by atoms with van der Waals surface area (Å²) >= 11 is 0. The molecular formula is C18H18N4O4. The SMILES string of the molecule is Cc1cc(C#N)cc(C(=O)c2c(C(C)C)c(=O)[nH]c(=O)n2CC(N)=O)c1. The van der Waals surface area contributed by atoms with Crippen LogP contribution in [0, 0.1) is 18.3 Å². The van der Waals surface area contributed by atoms with Gasteiger partial charge in [-0.1, -0.05) is 13.8 Å². The first-order chi connectivity index (χ1) is 12.1. The molecule has 0 aliphatic carbocycles. The Balaban J connectivity index is 2.86. The number of aromatic nitrogens is 2. The maximum atomic E-state index is 13.1. The molecule has 0 saturated carbocycles. The molecule has 2 rings (SSSR count). The number of hydrogen-bond donors (Lipinski definition) is 2. The fourth-order valence-electron chi connectivity index (χ4n) is 2.79. The van der Waals surface area contributed by atoms with Gasteiger partial charge in [0.1, 0.15) is 12.2 Å². The second-order valence-electron chi connectivity index (χ2n) is 6.26. The lowest BCUT2D eigenvalue weighted by Crippen LogP contribution is -2.40. The van der Waals surface area contributed by atoms with Crippen molar-refractivity contribution >= 4 is 11.7 Å². The van der Waals surface area contributed by atoms with Crippen molar-refractivity contribution < 1.29 is 9.59 Å². The zero-order chi connectivity index (χ0) is 19.6. The van der Waals surface area contributed by atoms with Crippen LogP contribution in [0.1, 0.15) is 52.5 Å². The lowest BCUT2D eigenvalue weighted by Gasteiger charge is -2.16. The van der Waals surface area contributed by atoms with Crippen molar-refractivity contribution in [2.45, 2.75) is 33.2 Å². The third-order valence-corrected chi connectivity index (χ3v) is 3.81. The summed E-state index contributed by atoms with van der Waals surface area (Å²) in [6.07, 6.45) is 0. The van der Waals surface area contributed by atoms with Crippen LogP contribution in [0.2, 0.25) is 0 Å². The lowest BCUT2D eigenvalue weighted by molar-refractivity contribution is -0.118. The normalized spacial score (nSPS) is 10.6. The fraction of sp³-hybridized carbons (Fsp3) is 0.278. The molecule has 1 heterocycles. The standard InChI is InChI=1S/C18H18N4O4/c1-9(2)14-15(22(8-13(20)23)18(26)21-17(14)25)16(24)12-5-10(3)4-11(6-12)7-19/h4-6,9H,8H2,1-3H3,(H2,20,23)(H,21,25,26). The summed E-state index contributed by atoms with van der Waals surface area (Å²) < 4.78 is 0.871. The van der Waals surface area contributed by atoms with Crippen LogP contribution < -0.4 is 17.0 Å². The maximum absolute atomic E-state index is 13.1. The topological polar surface area (TPSA) is 139 Å². The number of hydrogen-bond acceptors (Lipinski definition) is 5. The van der Waals surface area contributed by atoms with Gasteiger partial charge >= 0.3 is 5.69 Å². The van der Waals surface area contributed by atoms with Gasteiger partial charge in [-0.2, -0.15) is 5.26 Å². The van der Waals surface area contributed by atoms with Gasteiger partial charge in [0.15, 0.2) is 0 Å². The third kappa shape index (κ3) is 3.62. The van der Waals surface area contributed by atoms with E-state index in [9.17, 15) is 19.2 Å². The second-order valence-corrected chi connectivity index (χ2v) is 6.26. The first kappa shape index (κ1) is 18.9. The van der Waals surface area contributed by atoms with Crippen LogP contribution in [0.3, 0.4) is 0 Å². The largest absolute Gasteiger partial charge is 0.368 e.